The molecule has 168 valence electrons. The number of hydrogen-bond donors (Lipinski definition) is 1. The lowest BCUT2D eigenvalue weighted by atomic mass is 10.1. The lowest BCUT2D eigenvalue weighted by molar-refractivity contribution is 0.433. The van der Waals surface area contributed by atoms with Crippen LogP contribution in [0.4, 0.5) is 0 Å². The monoisotopic (exact) mass is 460 g/mol. The Kier molecular flexibility index (Phi) is 5.78. The van der Waals surface area contributed by atoms with Crippen LogP contribution >= 0.6 is 0 Å². The van der Waals surface area contributed by atoms with Crippen LogP contribution in [-0.4, -0.2) is 41.9 Å². The van der Waals surface area contributed by atoms with Gasteiger partial charge in [0.05, 0.1) is 28.2 Å². The minimum absolute atomic E-state index is 0.335. The molecule has 8 heteroatoms. The van der Waals surface area contributed by atoms with Crippen molar-refractivity contribution in [1.82, 2.24) is 20.4 Å². The molecule has 1 fully saturated rings. The number of aryl methyl sites for hydroxylation is 1. The van der Waals surface area contributed by atoms with Gasteiger partial charge in [0.15, 0.2) is 15.6 Å². The molecule has 1 aliphatic heterocycles. The van der Waals surface area contributed by atoms with E-state index in [1.54, 1.807) is 36.7 Å². The average Bonchev–Trinajstić information content (AvgIpc) is 3.35. The Balaban J connectivity index is 1.40. The van der Waals surface area contributed by atoms with Crippen molar-refractivity contribution in [1.29, 1.82) is 0 Å². The Bertz CT molecular complexity index is 1370. The third-order valence-electron chi connectivity index (χ3n) is 5.99. The molecule has 1 atom stereocenters. The second-order valence-electron chi connectivity index (χ2n) is 8.22. The molecule has 1 aliphatic rings. The maximum atomic E-state index is 12.9. The highest BCUT2D eigenvalue weighted by molar-refractivity contribution is 7.92. The Morgan fingerprint density at radius 1 is 1.00 bits per heavy atom. The standard InChI is InChI=1S/C25H24N4O3S/c1-17-5-2-3-7-21(17)22-13-25(32-29-22)24-16-27-15-23(28-24)18-8-10-19(11-9-18)33(30,31)20-6-4-12-26-14-20/h2-3,5,7-11,13,15-16,20,26H,4,6,12,14H2,1H3. The first-order valence-corrected chi connectivity index (χ1v) is 12.5. The van der Waals surface area contributed by atoms with Crippen LogP contribution in [0, 0.1) is 6.92 Å². The molecule has 4 aromatic rings. The highest BCUT2D eigenvalue weighted by atomic mass is 32.2. The molecule has 1 saturated heterocycles. The van der Waals surface area contributed by atoms with Crippen molar-refractivity contribution in [2.45, 2.75) is 29.9 Å². The van der Waals surface area contributed by atoms with Crippen LogP contribution in [0.5, 0.6) is 0 Å². The molecule has 0 amide bonds. The molecule has 1 unspecified atom stereocenters. The molecule has 1 N–H and O–H groups in total. The van der Waals surface area contributed by atoms with Crippen LogP contribution in [0.1, 0.15) is 18.4 Å². The van der Waals surface area contributed by atoms with Gasteiger partial charge in [-0.15, -0.1) is 0 Å². The minimum atomic E-state index is -3.36. The quantitative estimate of drug-likeness (QED) is 0.474. The van der Waals surface area contributed by atoms with E-state index >= 15 is 0 Å². The predicted octanol–water partition coefficient (Wildman–Crippen LogP) is 4.30. The first-order valence-electron chi connectivity index (χ1n) is 10.9. The minimum Gasteiger partial charge on any atom is -0.354 e. The molecule has 2 aromatic heterocycles. The highest BCUT2D eigenvalue weighted by Crippen LogP contribution is 2.29. The number of hydrogen-bond acceptors (Lipinski definition) is 7. The van der Waals surface area contributed by atoms with Crippen molar-refractivity contribution in [3.8, 4) is 34.0 Å². The van der Waals surface area contributed by atoms with Gasteiger partial charge in [0.2, 0.25) is 0 Å². The van der Waals surface area contributed by atoms with Crippen molar-refractivity contribution in [3.05, 3.63) is 72.6 Å². The van der Waals surface area contributed by atoms with Crippen LogP contribution in [0.3, 0.4) is 0 Å². The summed E-state index contributed by atoms with van der Waals surface area (Å²) >= 11 is 0. The van der Waals surface area contributed by atoms with Gasteiger partial charge in [0.1, 0.15) is 11.4 Å². The molecular weight excluding hydrogens is 436 g/mol. The summed E-state index contributed by atoms with van der Waals surface area (Å²) in [5.74, 6) is 0.520. The number of piperidine rings is 1. The van der Waals surface area contributed by atoms with Gasteiger partial charge in [-0.25, -0.2) is 13.4 Å². The van der Waals surface area contributed by atoms with Gasteiger partial charge < -0.3 is 9.84 Å². The normalized spacial score (nSPS) is 16.6. The molecule has 7 nitrogen and oxygen atoms in total. The third kappa shape index (κ3) is 4.31. The Labute approximate surface area is 192 Å². The van der Waals surface area contributed by atoms with Crippen molar-refractivity contribution < 1.29 is 12.9 Å². The molecule has 3 heterocycles. The van der Waals surface area contributed by atoms with Crippen molar-refractivity contribution in [2.24, 2.45) is 0 Å². The van der Waals surface area contributed by atoms with Crippen molar-refractivity contribution in [2.75, 3.05) is 13.1 Å². The summed E-state index contributed by atoms with van der Waals surface area (Å²) in [6, 6.07) is 16.7. The number of sulfone groups is 1. The van der Waals surface area contributed by atoms with Gasteiger partial charge in [0, 0.05) is 23.7 Å². The zero-order chi connectivity index (χ0) is 22.8. The van der Waals surface area contributed by atoms with E-state index in [1.165, 1.54) is 0 Å². The Morgan fingerprint density at radius 2 is 1.79 bits per heavy atom. The summed E-state index contributed by atoms with van der Waals surface area (Å²) in [7, 11) is -3.36. The fraction of sp³-hybridized carbons (Fsp3) is 0.240. The first kappa shape index (κ1) is 21.5. The van der Waals surface area contributed by atoms with E-state index < -0.39 is 9.84 Å². The second kappa shape index (κ2) is 8.88. The van der Waals surface area contributed by atoms with E-state index in [0.717, 1.165) is 35.3 Å². The summed E-state index contributed by atoms with van der Waals surface area (Å²) in [5, 5.41) is 6.99. The molecule has 0 spiro atoms. The largest absolute Gasteiger partial charge is 0.354 e. The average molecular weight is 461 g/mol. The van der Waals surface area contributed by atoms with E-state index in [2.05, 4.69) is 20.4 Å². The zero-order valence-electron chi connectivity index (χ0n) is 18.2. The van der Waals surface area contributed by atoms with Crippen LogP contribution in [-0.2, 0) is 9.84 Å². The van der Waals surface area contributed by atoms with Crippen LogP contribution < -0.4 is 5.32 Å². The number of nitrogens with zero attached hydrogens (tertiary/aromatic N) is 3. The number of rotatable bonds is 5. The topological polar surface area (TPSA) is 98.0 Å². The van der Waals surface area contributed by atoms with Gasteiger partial charge in [0.25, 0.3) is 0 Å². The Morgan fingerprint density at radius 3 is 2.55 bits per heavy atom. The summed E-state index contributed by atoms with van der Waals surface area (Å²) in [4.78, 5) is 9.31. The fourth-order valence-electron chi connectivity index (χ4n) is 4.10. The van der Waals surface area contributed by atoms with Crippen molar-refractivity contribution in [3.63, 3.8) is 0 Å². The second-order valence-corrected chi connectivity index (χ2v) is 10.4. The summed E-state index contributed by atoms with van der Waals surface area (Å²) in [6.07, 6.45) is 4.83. The van der Waals surface area contributed by atoms with Crippen molar-refractivity contribution >= 4 is 9.84 Å². The SMILES string of the molecule is Cc1ccccc1-c1cc(-c2cncc(-c3ccc(S(=O)(=O)C4CCCNC4)cc3)n2)on1. The summed E-state index contributed by atoms with van der Waals surface area (Å²) < 4.78 is 31.4. The summed E-state index contributed by atoms with van der Waals surface area (Å²) in [5.41, 5.74) is 4.82. The number of benzene rings is 2. The van der Waals surface area contributed by atoms with E-state index in [9.17, 15) is 8.42 Å². The molecule has 2 aromatic carbocycles. The molecule has 0 saturated carbocycles. The molecule has 0 aliphatic carbocycles. The molecule has 5 rings (SSSR count). The lowest BCUT2D eigenvalue weighted by Gasteiger charge is -2.22. The highest BCUT2D eigenvalue weighted by Gasteiger charge is 2.28. The fourth-order valence-corrected chi connectivity index (χ4v) is 5.81. The summed E-state index contributed by atoms with van der Waals surface area (Å²) in [6.45, 7) is 3.40. The van der Waals surface area contributed by atoms with E-state index in [1.807, 2.05) is 37.3 Å². The van der Waals surface area contributed by atoms with Gasteiger partial charge in [-0.1, -0.05) is 41.6 Å². The van der Waals surface area contributed by atoms with Gasteiger partial charge in [-0.05, 0) is 44.0 Å². The molecule has 0 bridgehead atoms. The van der Waals surface area contributed by atoms with E-state index in [4.69, 9.17) is 4.52 Å². The Hall–Kier alpha value is -3.36. The molecular formula is C25H24N4O3S. The van der Waals surface area contributed by atoms with E-state index in [0.29, 0.717) is 35.0 Å². The smallest absolute Gasteiger partial charge is 0.187 e. The number of aromatic nitrogens is 3. The van der Waals surface area contributed by atoms with Crippen LogP contribution in [0.2, 0.25) is 0 Å². The van der Waals surface area contributed by atoms with Crippen LogP contribution in [0.25, 0.3) is 34.0 Å². The van der Waals surface area contributed by atoms with E-state index in [-0.39, 0.29) is 5.25 Å². The van der Waals surface area contributed by atoms with Gasteiger partial charge in [-0.3, -0.25) is 4.98 Å². The molecule has 33 heavy (non-hydrogen) atoms. The number of nitrogens with one attached hydrogen (secondary N) is 1. The van der Waals surface area contributed by atoms with Crippen LogP contribution in [0.15, 0.2) is 76.4 Å². The molecule has 0 radical (unpaired) electrons. The van der Waals surface area contributed by atoms with Gasteiger partial charge >= 0.3 is 0 Å². The van der Waals surface area contributed by atoms with Gasteiger partial charge in [-0.2, -0.15) is 0 Å². The lowest BCUT2D eigenvalue weighted by Crippen LogP contribution is -2.38. The maximum absolute atomic E-state index is 12.9. The first-order chi connectivity index (χ1) is 16.0. The third-order valence-corrected chi connectivity index (χ3v) is 8.20. The predicted molar refractivity (Wildman–Crippen MR) is 126 cm³/mol. The zero-order valence-corrected chi connectivity index (χ0v) is 19.0. The maximum Gasteiger partial charge on any atom is 0.187 e.